The SMILES string of the molecule is CC(C)COc1cc(-c2ccccc2)ccc1[C@@H](Oc1cc(C2=CCC(C[C@H](N)C(=O)O)CC2)nc(N)n1)C(F)(F)F.Cl. The number of carbonyl (C=O) groups is 1. The molecule has 0 bridgehead atoms. The second kappa shape index (κ2) is 14.6. The Morgan fingerprint density at radius 3 is 2.42 bits per heavy atom. The number of carboxylic acid groups (broad SMARTS) is 1. The van der Waals surface area contributed by atoms with Crippen molar-refractivity contribution in [1.82, 2.24) is 9.97 Å². The largest absolute Gasteiger partial charge is 0.493 e. The van der Waals surface area contributed by atoms with Gasteiger partial charge in [0.1, 0.15) is 11.8 Å². The molecule has 1 aliphatic carbocycles. The van der Waals surface area contributed by atoms with Gasteiger partial charge in [-0.3, -0.25) is 4.79 Å². The fraction of sp³-hybridized carbons (Fsp3) is 0.387. The Morgan fingerprint density at radius 1 is 1.09 bits per heavy atom. The smallest absolute Gasteiger partial charge is 0.429 e. The molecule has 12 heteroatoms. The summed E-state index contributed by atoms with van der Waals surface area (Å²) in [5.74, 6) is -1.38. The van der Waals surface area contributed by atoms with Gasteiger partial charge in [0.05, 0.1) is 12.3 Å². The molecule has 2 aromatic carbocycles. The Kier molecular flexibility index (Phi) is 11.4. The molecule has 8 nitrogen and oxygen atoms in total. The number of rotatable bonds is 11. The molecule has 1 aromatic heterocycles. The number of nitrogen functional groups attached to an aromatic ring is 1. The molecule has 0 saturated heterocycles. The van der Waals surface area contributed by atoms with Crippen molar-refractivity contribution < 1.29 is 32.5 Å². The average molecular weight is 621 g/mol. The average Bonchev–Trinajstić information content (AvgIpc) is 2.94. The van der Waals surface area contributed by atoms with Gasteiger partial charge in [-0.05, 0) is 60.3 Å². The fourth-order valence-electron chi connectivity index (χ4n) is 4.83. The minimum absolute atomic E-state index is 0. The zero-order valence-corrected chi connectivity index (χ0v) is 24.7. The number of aliphatic carboxylic acids is 1. The summed E-state index contributed by atoms with van der Waals surface area (Å²) < 4.78 is 55.0. The highest BCUT2D eigenvalue weighted by Crippen LogP contribution is 2.42. The van der Waals surface area contributed by atoms with E-state index in [1.54, 1.807) is 12.1 Å². The summed E-state index contributed by atoms with van der Waals surface area (Å²) in [6, 6.07) is 14.3. The van der Waals surface area contributed by atoms with E-state index < -0.39 is 24.3 Å². The fourth-order valence-corrected chi connectivity index (χ4v) is 4.83. The van der Waals surface area contributed by atoms with Crippen molar-refractivity contribution in [3.63, 3.8) is 0 Å². The lowest BCUT2D eigenvalue weighted by Gasteiger charge is -2.25. The molecular formula is C31H36ClF3N4O4. The maximum Gasteiger partial charge on any atom is 0.429 e. The van der Waals surface area contributed by atoms with Crippen LogP contribution in [-0.4, -0.2) is 39.9 Å². The molecule has 1 heterocycles. The van der Waals surface area contributed by atoms with Gasteiger partial charge in [0, 0.05) is 11.6 Å². The van der Waals surface area contributed by atoms with Crippen LogP contribution >= 0.6 is 12.4 Å². The highest BCUT2D eigenvalue weighted by atomic mass is 35.5. The van der Waals surface area contributed by atoms with E-state index in [4.69, 9.17) is 26.0 Å². The molecule has 0 fully saturated rings. The minimum Gasteiger partial charge on any atom is -0.493 e. The molecular weight excluding hydrogens is 585 g/mol. The van der Waals surface area contributed by atoms with Crippen molar-refractivity contribution in [1.29, 1.82) is 0 Å². The third-order valence-corrected chi connectivity index (χ3v) is 6.98. The van der Waals surface area contributed by atoms with E-state index in [1.807, 2.05) is 50.3 Å². The summed E-state index contributed by atoms with van der Waals surface area (Å²) >= 11 is 0. The molecule has 0 radical (unpaired) electrons. The van der Waals surface area contributed by atoms with Crippen molar-refractivity contribution >= 4 is 29.9 Å². The lowest BCUT2D eigenvalue weighted by atomic mass is 9.84. The highest BCUT2D eigenvalue weighted by molar-refractivity contribution is 5.85. The van der Waals surface area contributed by atoms with E-state index in [0.717, 1.165) is 11.1 Å². The molecule has 1 unspecified atom stereocenters. The number of aromatic nitrogens is 2. The molecule has 5 N–H and O–H groups in total. The first kappa shape index (κ1) is 33.7. The number of nitrogens with two attached hydrogens (primary N) is 2. The van der Waals surface area contributed by atoms with Gasteiger partial charge in [0.2, 0.25) is 17.9 Å². The second-order valence-corrected chi connectivity index (χ2v) is 10.9. The summed E-state index contributed by atoms with van der Waals surface area (Å²) in [5, 5.41) is 9.08. The van der Waals surface area contributed by atoms with Crippen LogP contribution in [0.3, 0.4) is 0 Å². The number of allylic oxidation sites excluding steroid dienone is 2. The Bertz CT molecular complexity index is 1420. The van der Waals surface area contributed by atoms with Crippen LogP contribution in [0.5, 0.6) is 11.6 Å². The van der Waals surface area contributed by atoms with Crippen LogP contribution in [0.15, 0.2) is 60.7 Å². The summed E-state index contributed by atoms with van der Waals surface area (Å²) in [6.45, 7) is 4.03. The van der Waals surface area contributed by atoms with E-state index in [1.165, 1.54) is 12.1 Å². The first-order chi connectivity index (χ1) is 19.9. The van der Waals surface area contributed by atoms with E-state index in [9.17, 15) is 18.0 Å². The number of benzene rings is 2. The van der Waals surface area contributed by atoms with Gasteiger partial charge in [-0.2, -0.15) is 18.2 Å². The van der Waals surface area contributed by atoms with Gasteiger partial charge in [-0.25, -0.2) is 4.98 Å². The molecule has 0 amide bonds. The topological polar surface area (TPSA) is 134 Å². The third-order valence-electron chi connectivity index (χ3n) is 6.98. The van der Waals surface area contributed by atoms with Crippen molar-refractivity contribution in [3.05, 3.63) is 71.9 Å². The lowest BCUT2D eigenvalue weighted by Crippen LogP contribution is -2.32. The Labute approximate surface area is 254 Å². The van der Waals surface area contributed by atoms with Gasteiger partial charge in [0.25, 0.3) is 0 Å². The molecule has 0 aliphatic heterocycles. The van der Waals surface area contributed by atoms with Crippen LogP contribution in [0.4, 0.5) is 19.1 Å². The van der Waals surface area contributed by atoms with Crippen molar-refractivity contribution in [2.24, 2.45) is 17.6 Å². The second-order valence-electron chi connectivity index (χ2n) is 10.9. The maximum absolute atomic E-state index is 14.5. The van der Waals surface area contributed by atoms with Gasteiger partial charge >= 0.3 is 12.1 Å². The lowest BCUT2D eigenvalue weighted by molar-refractivity contribution is -0.199. The predicted octanol–water partition coefficient (Wildman–Crippen LogP) is 6.85. The number of hydrogen-bond donors (Lipinski definition) is 3. The van der Waals surface area contributed by atoms with Crippen LogP contribution in [0.1, 0.15) is 56.9 Å². The summed E-state index contributed by atoms with van der Waals surface area (Å²) in [7, 11) is 0. The Hall–Kier alpha value is -3.83. The van der Waals surface area contributed by atoms with Crippen LogP contribution in [0, 0.1) is 11.8 Å². The van der Waals surface area contributed by atoms with E-state index in [0.29, 0.717) is 36.9 Å². The van der Waals surface area contributed by atoms with Crippen LogP contribution in [-0.2, 0) is 4.79 Å². The minimum atomic E-state index is -4.80. The molecule has 0 saturated carbocycles. The van der Waals surface area contributed by atoms with Gasteiger partial charge < -0.3 is 26.0 Å². The molecule has 1 aliphatic rings. The molecule has 43 heavy (non-hydrogen) atoms. The molecule has 4 rings (SSSR count). The number of carboxylic acids is 1. The number of alkyl halides is 3. The number of hydrogen-bond acceptors (Lipinski definition) is 7. The summed E-state index contributed by atoms with van der Waals surface area (Å²) in [5.41, 5.74) is 14.1. The van der Waals surface area contributed by atoms with Gasteiger partial charge in [-0.1, -0.05) is 62.4 Å². The monoisotopic (exact) mass is 620 g/mol. The standard InChI is InChI=1S/C31H35F3N4O4.ClH/c1-18(2)17-41-26-15-22(20-6-4-3-5-7-20)12-13-23(26)28(31(32,33)34)42-27-16-25(37-30(36)38-27)21-10-8-19(9-11-21)14-24(35)29(39)40;/h3-7,10,12-13,15-16,18-19,24,28H,8-9,11,14,17,35H2,1-2H3,(H,39,40)(H2,36,37,38);1H/t19?,24-,28+;/m0./s1. The normalized spacial score (nSPS) is 16.5. The van der Waals surface area contributed by atoms with Crippen LogP contribution < -0.4 is 20.9 Å². The molecule has 3 aromatic rings. The highest BCUT2D eigenvalue weighted by Gasteiger charge is 2.45. The number of halogens is 4. The van der Waals surface area contributed by atoms with Gasteiger partial charge in [0.15, 0.2) is 0 Å². The number of nitrogens with zero attached hydrogens (tertiary/aromatic N) is 2. The van der Waals surface area contributed by atoms with E-state index in [-0.39, 0.29) is 54.0 Å². The van der Waals surface area contributed by atoms with Gasteiger partial charge in [-0.15, -0.1) is 12.4 Å². The Balaban J connectivity index is 0.00000506. The molecule has 232 valence electrons. The predicted molar refractivity (Wildman–Crippen MR) is 161 cm³/mol. The van der Waals surface area contributed by atoms with Crippen LogP contribution in [0.25, 0.3) is 16.7 Å². The summed E-state index contributed by atoms with van der Waals surface area (Å²) in [4.78, 5) is 19.3. The van der Waals surface area contributed by atoms with Crippen molar-refractivity contribution in [2.75, 3.05) is 12.3 Å². The third kappa shape index (κ3) is 9.08. The number of anilines is 1. The van der Waals surface area contributed by atoms with Crippen molar-refractivity contribution in [3.8, 4) is 22.8 Å². The zero-order chi connectivity index (χ0) is 30.4. The summed E-state index contributed by atoms with van der Waals surface area (Å²) in [6.07, 6.45) is -3.22. The molecule has 0 spiro atoms. The number of ether oxygens (including phenoxy) is 2. The van der Waals surface area contributed by atoms with E-state index >= 15 is 0 Å². The first-order valence-electron chi connectivity index (χ1n) is 13.8. The van der Waals surface area contributed by atoms with E-state index in [2.05, 4.69) is 9.97 Å². The maximum atomic E-state index is 14.5. The molecule has 3 atom stereocenters. The first-order valence-corrected chi connectivity index (χ1v) is 13.8. The quantitative estimate of drug-likeness (QED) is 0.212. The zero-order valence-electron chi connectivity index (χ0n) is 23.9. The Morgan fingerprint density at radius 2 is 1.81 bits per heavy atom. The van der Waals surface area contributed by atoms with Crippen molar-refractivity contribution in [2.45, 2.75) is 57.9 Å². The van der Waals surface area contributed by atoms with Crippen LogP contribution in [0.2, 0.25) is 0 Å².